The second-order valence-electron chi connectivity index (χ2n) is 6.10. The molecule has 0 aliphatic carbocycles. The van der Waals surface area contributed by atoms with Crippen LogP contribution in [-0.2, 0) is 12.8 Å². The lowest BCUT2D eigenvalue weighted by atomic mass is 10.1. The fourth-order valence-electron chi connectivity index (χ4n) is 2.48. The van der Waals surface area contributed by atoms with Crippen LogP contribution in [0.25, 0.3) is 0 Å². The number of carbonyl (C=O) groups is 1. The second kappa shape index (κ2) is 10.8. The van der Waals surface area contributed by atoms with Crippen LogP contribution in [0.5, 0.6) is 0 Å². The van der Waals surface area contributed by atoms with Crippen LogP contribution in [0.3, 0.4) is 0 Å². The molecule has 0 aromatic heterocycles. The van der Waals surface area contributed by atoms with Crippen molar-refractivity contribution in [3.05, 3.63) is 65.2 Å². The highest BCUT2D eigenvalue weighted by molar-refractivity contribution is 14.0. The number of nitrogens with two attached hydrogens (primary N) is 1. The minimum Gasteiger partial charge on any atom is -0.370 e. The number of hydrogen-bond acceptors (Lipinski definition) is 2. The smallest absolute Gasteiger partial charge is 0.253 e. The van der Waals surface area contributed by atoms with Crippen molar-refractivity contribution in [3.63, 3.8) is 0 Å². The normalized spacial score (nSPS) is 10.8. The molecule has 0 saturated heterocycles. The van der Waals surface area contributed by atoms with Crippen LogP contribution in [0.1, 0.15) is 28.4 Å². The Morgan fingerprint density at radius 1 is 1.12 bits per heavy atom. The first-order valence-corrected chi connectivity index (χ1v) is 8.46. The van der Waals surface area contributed by atoms with Gasteiger partial charge in [0.25, 0.3) is 5.91 Å². The average molecular weight is 466 g/mol. The Kier molecular flexibility index (Phi) is 9.12. The van der Waals surface area contributed by atoms with E-state index in [-0.39, 0.29) is 29.9 Å². The molecule has 0 saturated carbocycles. The van der Waals surface area contributed by atoms with E-state index >= 15 is 0 Å². The number of nitrogens with zero attached hydrogens (tertiary/aromatic N) is 2. The summed E-state index contributed by atoms with van der Waals surface area (Å²) in [7, 11) is 3.50. The van der Waals surface area contributed by atoms with E-state index in [0.717, 1.165) is 24.1 Å². The maximum Gasteiger partial charge on any atom is 0.253 e. The number of guanidine groups is 1. The van der Waals surface area contributed by atoms with Crippen molar-refractivity contribution in [3.8, 4) is 0 Å². The monoisotopic (exact) mass is 466 g/mol. The topological polar surface area (TPSA) is 70.7 Å². The number of hydrogen-bond donors (Lipinski definition) is 2. The molecule has 2 rings (SSSR count). The fraction of sp³-hybridized carbons (Fsp3) is 0.300. The van der Waals surface area contributed by atoms with Crippen molar-refractivity contribution >= 4 is 41.5 Å². The molecule has 5 nitrogen and oxygen atoms in total. The highest BCUT2D eigenvalue weighted by atomic mass is 127. The largest absolute Gasteiger partial charge is 0.370 e. The molecule has 2 aromatic rings. The SMILES string of the molecule is CCc1cccc(NC(N)=NCCc2cccc(C(=O)N(C)C)c2)c1.I. The van der Waals surface area contributed by atoms with Crippen molar-refractivity contribution < 1.29 is 4.79 Å². The van der Waals surface area contributed by atoms with Gasteiger partial charge in [0.1, 0.15) is 0 Å². The minimum atomic E-state index is 0. The van der Waals surface area contributed by atoms with Gasteiger partial charge in [0.15, 0.2) is 5.96 Å². The van der Waals surface area contributed by atoms with Crippen LogP contribution >= 0.6 is 24.0 Å². The summed E-state index contributed by atoms with van der Waals surface area (Å²) in [5, 5.41) is 3.11. The third-order valence-electron chi connectivity index (χ3n) is 3.87. The second-order valence-corrected chi connectivity index (χ2v) is 6.10. The maximum atomic E-state index is 12.0. The van der Waals surface area contributed by atoms with Crippen LogP contribution in [-0.4, -0.2) is 37.4 Å². The Morgan fingerprint density at radius 3 is 2.50 bits per heavy atom. The molecule has 0 aliphatic heterocycles. The zero-order valence-electron chi connectivity index (χ0n) is 15.5. The Balaban J connectivity index is 0.00000338. The molecule has 1 amide bonds. The number of rotatable bonds is 6. The molecular weight excluding hydrogens is 439 g/mol. The van der Waals surface area contributed by atoms with Gasteiger partial charge in [-0.25, -0.2) is 0 Å². The van der Waals surface area contributed by atoms with Gasteiger partial charge in [0, 0.05) is 31.9 Å². The van der Waals surface area contributed by atoms with E-state index in [9.17, 15) is 4.79 Å². The van der Waals surface area contributed by atoms with Gasteiger partial charge in [-0.05, 0) is 48.2 Å². The van der Waals surface area contributed by atoms with E-state index in [4.69, 9.17) is 5.73 Å². The molecule has 0 heterocycles. The van der Waals surface area contributed by atoms with Crippen molar-refractivity contribution in [2.24, 2.45) is 10.7 Å². The first-order chi connectivity index (χ1) is 12.0. The summed E-state index contributed by atoms with van der Waals surface area (Å²) in [6.45, 7) is 2.68. The van der Waals surface area contributed by atoms with Gasteiger partial charge in [-0.1, -0.05) is 31.2 Å². The van der Waals surface area contributed by atoms with Crippen LogP contribution in [0.4, 0.5) is 5.69 Å². The number of amides is 1. The minimum absolute atomic E-state index is 0. The molecule has 0 atom stereocenters. The molecule has 2 aromatic carbocycles. The Labute approximate surface area is 172 Å². The van der Waals surface area contributed by atoms with Crippen LogP contribution in [0.15, 0.2) is 53.5 Å². The number of halogens is 1. The van der Waals surface area contributed by atoms with Crippen molar-refractivity contribution in [2.45, 2.75) is 19.8 Å². The number of benzene rings is 2. The molecular formula is C20H27IN4O. The number of carbonyl (C=O) groups excluding carboxylic acids is 1. The average Bonchev–Trinajstić information content (AvgIpc) is 2.61. The van der Waals surface area contributed by atoms with Crippen molar-refractivity contribution in [1.82, 2.24) is 4.90 Å². The van der Waals surface area contributed by atoms with E-state index in [1.807, 2.05) is 36.4 Å². The van der Waals surface area contributed by atoms with E-state index < -0.39 is 0 Å². The van der Waals surface area contributed by atoms with Crippen LogP contribution in [0, 0.1) is 0 Å². The lowest BCUT2D eigenvalue weighted by Gasteiger charge is -2.11. The molecule has 0 unspecified atom stereocenters. The van der Waals surface area contributed by atoms with Gasteiger partial charge >= 0.3 is 0 Å². The zero-order chi connectivity index (χ0) is 18.2. The summed E-state index contributed by atoms with van der Waals surface area (Å²) in [5.74, 6) is 0.399. The predicted molar refractivity (Wildman–Crippen MR) is 120 cm³/mol. The predicted octanol–water partition coefficient (Wildman–Crippen LogP) is 3.54. The van der Waals surface area contributed by atoms with Crippen molar-refractivity contribution in [2.75, 3.05) is 26.0 Å². The first-order valence-electron chi connectivity index (χ1n) is 8.46. The summed E-state index contributed by atoms with van der Waals surface area (Å²) >= 11 is 0. The highest BCUT2D eigenvalue weighted by Crippen LogP contribution is 2.11. The molecule has 0 bridgehead atoms. The van der Waals surface area contributed by atoms with Gasteiger partial charge in [-0.2, -0.15) is 0 Å². The summed E-state index contributed by atoms with van der Waals surface area (Å²) in [4.78, 5) is 17.9. The number of aryl methyl sites for hydroxylation is 1. The number of aliphatic imine (C=N–C) groups is 1. The van der Waals surface area contributed by atoms with E-state index in [1.165, 1.54) is 5.56 Å². The maximum absolute atomic E-state index is 12.0. The number of anilines is 1. The quantitative estimate of drug-likeness (QED) is 0.389. The van der Waals surface area contributed by atoms with Gasteiger partial charge in [0.05, 0.1) is 0 Å². The Morgan fingerprint density at radius 2 is 1.81 bits per heavy atom. The van der Waals surface area contributed by atoms with Gasteiger partial charge < -0.3 is 16.0 Å². The molecule has 0 radical (unpaired) electrons. The van der Waals surface area contributed by atoms with Crippen LogP contribution < -0.4 is 11.1 Å². The lowest BCUT2D eigenvalue weighted by Crippen LogP contribution is -2.23. The molecule has 0 fully saturated rings. The molecule has 140 valence electrons. The van der Waals surface area contributed by atoms with Crippen molar-refractivity contribution in [1.29, 1.82) is 0 Å². The van der Waals surface area contributed by atoms with E-state index in [1.54, 1.807) is 19.0 Å². The zero-order valence-corrected chi connectivity index (χ0v) is 17.9. The first kappa shape index (κ1) is 22.0. The summed E-state index contributed by atoms with van der Waals surface area (Å²) in [5.41, 5.74) is 9.91. The van der Waals surface area contributed by atoms with E-state index in [0.29, 0.717) is 18.1 Å². The van der Waals surface area contributed by atoms with Crippen LogP contribution in [0.2, 0.25) is 0 Å². The molecule has 0 aliphatic rings. The fourth-order valence-corrected chi connectivity index (χ4v) is 2.48. The van der Waals surface area contributed by atoms with Gasteiger partial charge in [0.2, 0.25) is 0 Å². The lowest BCUT2D eigenvalue weighted by molar-refractivity contribution is 0.0827. The van der Waals surface area contributed by atoms with Gasteiger partial charge in [-0.3, -0.25) is 9.79 Å². The molecule has 3 N–H and O–H groups in total. The van der Waals surface area contributed by atoms with Gasteiger partial charge in [-0.15, -0.1) is 24.0 Å². The highest BCUT2D eigenvalue weighted by Gasteiger charge is 2.07. The summed E-state index contributed by atoms with van der Waals surface area (Å²) < 4.78 is 0. The third-order valence-corrected chi connectivity index (χ3v) is 3.87. The van der Waals surface area contributed by atoms with E-state index in [2.05, 4.69) is 29.4 Å². The summed E-state index contributed by atoms with van der Waals surface area (Å²) in [6, 6.07) is 15.8. The number of nitrogens with one attached hydrogen (secondary N) is 1. The third kappa shape index (κ3) is 6.67. The Hall–Kier alpha value is -2.09. The molecule has 26 heavy (non-hydrogen) atoms. The molecule has 0 spiro atoms. The standard InChI is InChI=1S/C20H26N4O.HI/c1-4-15-7-6-10-18(14-15)23-20(21)22-12-11-16-8-5-9-17(13-16)19(25)24(2)3;/h5-10,13-14H,4,11-12H2,1-3H3,(H3,21,22,23);1H. The Bertz CT molecular complexity index is 759. The molecule has 6 heteroatoms. The summed E-state index contributed by atoms with van der Waals surface area (Å²) in [6.07, 6.45) is 1.71.